The zero-order valence-electron chi connectivity index (χ0n) is 19.3. The Morgan fingerprint density at radius 2 is 0.947 bits per heavy atom. The second-order valence-electron chi connectivity index (χ2n) is 8.90. The van der Waals surface area contributed by atoms with Gasteiger partial charge in [-0.3, -0.25) is 50.0 Å². The molecule has 2 atom stereocenters. The Kier molecular flexibility index (Phi) is 6.96. The molecule has 0 saturated heterocycles. The number of hydrogen-bond acceptors (Lipinski definition) is 12. The SMILES string of the molecule is O=C(Oc1ccc([N+](=O)[O-])cc1[N+](=O)[O-])[C@@H]1C2CCC(CC2)[C@H]1C(=O)Oc1ccc([N+](=O)[O-])cc1[N+](=O)[O-]. The highest BCUT2D eigenvalue weighted by Crippen LogP contribution is 2.50. The molecule has 3 fully saturated rings. The molecule has 0 amide bonds. The van der Waals surface area contributed by atoms with Crippen LogP contribution in [0, 0.1) is 64.1 Å². The molecule has 0 heterocycles. The summed E-state index contributed by atoms with van der Waals surface area (Å²) < 4.78 is 10.5. The second-order valence-corrected chi connectivity index (χ2v) is 8.90. The van der Waals surface area contributed by atoms with E-state index in [4.69, 9.17) is 9.47 Å². The van der Waals surface area contributed by atoms with E-state index in [1.807, 2.05) is 0 Å². The highest BCUT2D eigenvalue weighted by molar-refractivity contribution is 5.86. The molecular formula is C22H18N4O12. The lowest BCUT2D eigenvalue weighted by Gasteiger charge is -2.45. The summed E-state index contributed by atoms with van der Waals surface area (Å²) in [6.07, 6.45) is 2.25. The minimum Gasteiger partial charge on any atom is -0.419 e. The second kappa shape index (κ2) is 10.2. The average molecular weight is 530 g/mol. The molecule has 38 heavy (non-hydrogen) atoms. The first-order valence-electron chi connectivity index (χ1n) is 11.3. The van der Waals surface area contributed by atoms with Gasteiger partial charge in [-0.05, 0) is 49.7 Å². The van der Waals surface area contributed by atoms with Crippen LogP contribution in [0.2, 0.25) is 0 Å². The molecule has 3 aliphatic rings. The van der Waals surface area contributed by atoms with Crippen molar-refractivity contribution in [1.29, 1.82) is 0 Å². The van der Waals surface area contributed by atoms with Crippen LogP contribution in [-0.4, -0.2) is 31.6 Å². The number of fused-ring (bicyclic) bond motifs is 3. The van der Waals surface area contributed by atoms with E-state index < -0.39 is 77.7 Å². The average Bonchev–Trinajstić information content (AvgIpc) is 2.88. The zero-order chi connectivity index (χ0) is 27.7. The fraction of sp³-hybridized carbons (Fsp3) is 0.364. The summed E-state index contributed by atoms with van der Waals surface area (Å²) in [4.78, 5) is 67.7. The summed E-state index contributed by atoms with van der Waals surface area (Å²) >= 11 is 0. The van der Waals surface area contributed by atoms with Gasteiger partial charge in [0.05, 0.1) is 43.7 Å². The van der Waals surface area contributed by atoms with E-state index in [0.29, 0.717) is 37.8 Å². The molecule has 0 radical (unpaired) electrons. The number of carbonyl (C=O) groups excluding carboxylic acids is 2. The van der Waals surface area contributed by atoms with E-state index in [1.165, 1.54) is 0 Å². The molecule has 2 aromatic carbocycles. The van der Waals surface area contributed by atoms with E-state index >= 15 is 0 Å². The number of non-ortho nitro benzene ring substituents is 2. The normalized spacial score (nSPS) is 21.8. The van der Waals surface area contributed by atoms with Gasteiger partial charge in [-0.25, -0.2) is 0 Å². The number of rotatable bonds is 8. The summed E-state index contributed by atoms with van der Waals surface area (Å²) in [5.41, 5.74) is -2.79. The highest BCUT2D eigenvalue weighted by atomic mass is 16.6. The van der Waals surface area contributed by atoms with Crippen molar-refractivity contribution in [3.63, 3.8) is 0 Å². The minimum atomic E-state index is -1.10. The van der Waals surface area contributed by atoms with Gasteiger partial charge in [0.2, 0.25) is 11.5 Å². The predicted octanol–water partition coefficient (Wildman–Crippen LogP) is 3.88. The van der Waals surface area contributed by atoms with Crippen molar-refractivity contribution in [3.05, 3.63) is 76.9 Å². The summed E-state index contributed by atoms with van der Waals surface area (Å²) in [6.45, 7) is 0. The maximum absolute atomic E-state index is 13.2. The monoisotopic (exact) mass is 530 g/mol. The van der Waals surface area contributed by atoms with E-state index in [0.717, 1.165) is 24.3 Å². The number of ether oxygens (including phenoxy) is 2. The summed E-state index contributed by atoms with van der Waals surface area (Å²) in [6, 6.07) is 5.00. The lowest BCUT2D eigenvalue weighted by atomic mass is 9.58. The van der Waals surface area contributed by atoms with Gasteiger partial charge in [0, 0.05) is 12.1 Å². The number of benzene rings is 2. The zero-order valence-corrected chi connectivity index (χ0v) is 19.3. The van der Waals surface area contributed by atoms with Crippen LogP contribution in [0.5, 0.6) is 11.5 Å². The maximum atomic E-state index is 13.2. The predicted molar refractivity (Wildman–Crippen MR) is 123 cm³/mol. The number of hydrogen-bond donors (Lipinski definition) is 0. The largest absolute Gasteiger partial charge is 0.419 e. The molecule has 0 spiro atoms. The molecule has 3 saturated carbocycles. The molecular weight excluding hydrogens is 512 g/mol. The molecule has 0 aliphatic heterocycles. The van der Waals surface area contributed by atoms with Gasteiger partial charge in [-0.15, -0.1) is 0 Å². The molecule has 16 heteroatoms. The van der Waals surface area contributed by atoms with Crippen LogP contribution < -0.4 is 9.47 Å². The fourth-order valence-electron chi connectivity index (χ4n) is 5.18. The molecule has 198 valence electrons. The van der Waals surface area contributed by atoms with Gasteiger partial charge in [-0.1, -0.05) is 0 Å². The van der Waals surface area contributed by atoms with Crippen molar-refractivity contribution < 1.29 is 38.8 Å². The van der Waals surface area contributed by atoms with Crippen molar-refractivity contribution >= 4 is 34.7 Å². The number of nitro benzene ring substituents is 4. The van der Waals surface area contributed by atoms with Gasteiger partial charge >= 0.3 is 23.3 Å². The summed E-state index contributed by atoms with van der Waals surface area (Å²) in [7, 11) is 0. The summed E-state index contributed by atoms with van der Waals surface area (Å²) in [5.74, 6) is -5.89. The Balaban J connectivity index is 1.62. The molecule has 2 aromatic rings. The topological polar surface area (TPSA) is 225 Å². The first kappa shape index (κ1) is 26.1. The molecule has 3 aliphatic carbocycles. The van der Waals surface area contributed by atoms with Crippen LogP contribution in [0.15, 0.2) is 36.4 Å². The number of carbonyl (C=O) groups is 2. The van der Waals surface area contributed by atoms with Crippen LogP contribution >= 0.6 is 0 Å². The molecule has 0 aromatic heterocycles. The Labute approximate surface area is 211 Å². The van der Waals surface area contributed by atoms with E-state index in [1.54, 1.807) is 0 Å². The third-order valence-electron chi connectivity index (χ3n) is 6.88. The Hall–Kier alpha value is -5.02. The third-order valence-corrected chi connectivity index (χ3v) is 6.88. The molecule has 16 nitrogen and oxygen atoms in total. The Bertz CT molecular complexity index is 1260. The molecule has 0 N–H and O–H groups in total. The quantitative estimate of drug-likeness (QED) is 0.205. The van der Waals surface area contributed by atoms with Gasteiger partial charge in [0.25, 0.3) is 11.4 Å². The van der Waals surface area contributed by atoms with Crippen LogP contribution in [0.3, 0.4) is 0 Å². The van der Waals surface area contributed by atoms with Crippen molar-refractivity contribution in [1.82, 2.24) is 0 Å². The van der Waals surface area contributed by atoms with Crippen molar-refractivity contribution in [2.24, 2.45) is 23.7 Å². The van der Waals surface area contributed by atoms with Gasteiger partial charge < -0.3 is 9.47 Å². The van der Waals surface area contributed by atoms with Crippen LogP contribution in [0.25, 0.3) is 0 Å². The van der Waals surface area contributed by atoms with E-state index in [2.05, 4.69) is 0 Å². The Morgan fingerprint density at radius 3 is 1.24 bits per heavy atom. The lowest BCUT2D eigenvalue weighted by Crippen LogP contribution is -2.49. The Morgan fingerprint density at radius 1 is 0.605 bits per heavy atom. The van der Waals surface area contributed by atoms with Crippen LogP contribution in [-0.2, 0) is 9.59 Å². The number of nitro groups is 4. The van der Waals surface area contributed by atoms with E-state index in [-0.39, 0.29) is 11.8 Å². The van der Waals surface area contributed by atoms with Crippen molar-refractivity contribution in [2.75, 3.05) is 0 Å². The number of nitrogens with zero attached hydrogens (tertiary/aromatic N) is 4. The fourth-order valence-corrected chi connectivity index (χ4v) is 5.18. The maximum Gasteiger partial charge on any atom is 0.318 e. The van der Waals surface area contributed by atoms with Crippen LogP contribution in [0.4, 0.5) is 22.7 Å². The highest BCUT2D eigenvalue weighted by Gasteiger charge is 2.52. The minimum absolute atomic E-state index is 0.339. The van der Waals surface area contributed by atoms with Gasteiger partial charge in [-0.2, -0.15) is 0 Å². The molecule has 0 unspecified atom stereocenters. The van der Waals surface area contributed by atoms with Crippen LogP contribution in [0.1, 0.15) is 25.7 Å². The van der Waals surface area contributed by atoms with Gasteiger partial charge in [0.15, 0.2) is 0 Å². The molecule has 5 rings (SSSR count). The van der Waals surface area contributed by atoms with Gasteiger partial charge in [0.1, 0.15) is 0 Å². The van der Waals surface area contributed by atoms with E-state index in [9.17, 15) is 50.0 Å². The summed E-state index contributed by atoms with van der Waals surface area (Å²) in [5, 5.41) is 44.8. The third kappa shape index (κ3) is 4.95. The van der Waals surface area contributed by atoms with Crippen molar-refractivity contribution in [2.45, 2.75) is 25.7 Å². The molecule has 2 bridgehead atoms. The first-order chi connectivity index (χ1) is 18.0. The standard InChI is InChI=1S/C22H18N4O12/c27-21(37-17-7-5-13(23(29)30)9-15(17)25(33)34)19-11-1-2-12(4-3-11)20(19)22(28)38-18-8-6-14(24(31)32)10-16(18)26(35)36/h5-12,19-20H,1-4H2/t11?,12?,19-,20-/m1/s1. The van der Waals surface area contributed by atoms with Crippen molar-refractivity contribution in [3.8, 4) is 11.5 Å². The number of esters is 2. The smallest absolute Gasteiger partial charge is 0.318 e. The first-order valence-corrected chi connectivity index (χ1v) is 11.3. The lowest BCUT2D eigenvalue weighted by molar-refractivity contribution is -0.394.